The number of benzene rings is 1. The molecule has 1 aliphatic heterocycles. The fraction of sp³-hybridized carbons (Fsp3) is 0.526. The van der Waals surface area contributed by atoms with Gasteiger partial charge in [-0.25, -0.2) is 9.67 Å². The van der Waals surface area contributed by atoms with Crippen LogP contribution in [-0.2, 0) is 11.3 Å². The van der Waals surface area contributed by atoms with E-state index in [9.17, 15) is 4.79 Å². The van der Waals surface area contributed by atoms with Gasteiger partial charge < -0.3 is 4.90 Å². The number of fused-ring (bicyclic) bond motifs is 1. The maximum Gasteiger partial charge on any atom is 0.223 e. The highest BCUT2D eigenvalue weighted by atomic mass is 16.2. The molecule has 2 aromatic rings. The van der Waals surface area contributed by atoms with Crippen LogP contribution in [0.3, 0.4) is 0 Å². The van der Waals surface area contributed by atoms with Crippen LogP contribution < -0.4 is 0 Å². The molecule has 1 aromatic heterocycles. The minimum absolute atomic E-state index is 0.00466. The SMILES string of the molecule is CC(C)CC(=O)N1CCn2nc(-c3ccccc3)nc2[C@@H]1C(C)C. The lowest BCUT2D eigenvalue weighted by Crippen LogP contribution is -2.45. The third-order valence-corrected chi connectivity index (χ3v) is 4.42. The summed E-state index contributed by atoms with van der Waals surface area (Å²) in [5, 5.41) is 4.68. The van der Waals surface area contributed by atoms with Crippen LogP contribution in [0.4, 0.5) is 0 Å². The summed E-state index contributed by atoms with van der Waals surface area (Å²) in [4.78, 5) is 19.5. The Hall–Kier alpha value is -2.17. The van der Waals surface area contributed by atoms with Crippen LogP contribution in [-0.4, -0.2) is 32.1 Å². The van der Waals surface area contributed by atoms with Gasteiger partial charge in [-0.2, -0.15) is 5.10 Å². The molecule has 5 heteroatoms. The van der Waals surface area contributed by atoms with Gasteiger partial charge in [-0.3, -0.25) is 4.79 Å². The molecule has 0 N–H and O–H groups in total. The van der Waals surface area contributed by atoms with E-state index in [1.807, 2.05) is 39.9 Å². The zero-order valence-electron chi connectivity index (χ0n) is 14.9. The Morgan fingerprint density at radius 2 is 1.88 bits per heavy atom. The molecule has 1 atom stereocenters. The molecule has 0 bridgehead atoms. The van der Waals surface area contributed by atoms with Gasteiger partial charge in [0.05, 0.1) is 12.6 Å². The summed E-state index contributed by atoms with van der Waals surface area (Å²) >= 11 is 0. The molecule has 0 saturated heterocycles. The van der Waals surface area contributed by atoms with Crippen molar-refractivity contribution in [2.75, 3.05) is 6.54 Å². The van der Waals surface area contributed by atoms with E-state index >= 15 is 0 Å². The molecule has 3 rings (SSSR count). The molecular weight excluding hydrogens is 300 g/mol. The molecular formula is C19H26N4O. The van der Waals surface area contributed by atoms with Gasteiger partial charge in [0.2, 0.25) is 5.91 Å². The number of carbonyl (C=O) groups excluding carboxylic acids is 1. The summed E-state index contributed by atoms with van der Waals surface area (Å²) in [5.74, 6) is 2.54. The zero-order valence-corrected chi connectivity index (χ0v) is 14.9. The lowest BCUT2D eigenvalue weighted by molar-refractivity contribution is -0.137. The second kappa shape index (κ2) is 6.75. The van der Waals surface area contributed by atoms with Gasteiger partial charge >= 0.3 is 0 Å². The van der Waals surface area contributed by atoms with Crippen LogP contribution in [0.2, 0.25) is 0 Å². The highest BCUT2D eigenvalue weighted by Crippen LogP contribution is 2.33. The molecule has 0 unspecified atom stereocenters. The largest absolute Gasteiger partial charge is 0.330 e. The third-order valence-electron chi connectivity index (χ3n) is 4.42. The molecule has 1 aliphatic rings. The first-order valence-electron chi connectivity index (χ1n) is 8.77. The van der Waals surface area contributed by atoms with Gasteiger partial charge in [0.1, 0.15) is 0 Å². The van der Waals surface area contributed by atoms with Crippen LogP contribution in [0.5, 0.6) is 0 Å². The van der Waals surface area contributed by atoms with E-state index in [4.69, 9.17) is 4.98 Å². The molecule has 0 aliphatic carbocycles. The van der Waals surface area contributed by atoms with Gasteiger partial charge in [0, 0.05) is 18.5 Å². The number of nitrogens with zero attached hydrogens (tertiary/aromatic N) is 4. The summed E-state index contributed by atoms with van der Waals surface area (Å²) in [6.45, 7) is 9.88. The lowest BCUT2D eigenvalue weighted by Gasteiger charge is -2.37. The zero-order chi connectivity index (χ0) is 17.3. The van der Waals surface area contributed by atoms with E-state index in [1.54, 1.807) is 0 Å². The van der Waals surface area contributed by atoms with Crippen molar-refractivity contribution in [2.24, 2.45) is 11.8 Å². The molecule has 0 spiro atoms. The lowest BCUT2D eigenvalue weighted by atomic mass is 9.98. The Kier molecular flexibility index (Phi) is 4.69. The Bertz CT molecular complexity index is 705. The number of amides is 1. The van der Waals surface area contributed by atoms with Gasteiger partial charge in [-0.05, 0) is 11.8 Å². The van der Waals surface area contributed by atoms with Crippen molar-refractivity contribution in [2.45, 2.75) is 46.7 Å². The van der Waals surface area contributed by atoms with E-state index in [1.165, 1.54) is 0 Å². The minimum atomic E-state index is -0.00466. The summed E-state index contributed by atoms with van der Waals surface area (Å²) < 4.78 is 1.98. The second-order valence-electron chi connectivity index (χ2n) is 7.26. The molecule has 5 nitrogen and oxygen atoms in total. The third kappa shape index (κ3) is 3.21. The number of aromatic nitrogens is 3. The number of hydrogen-bond donors (Lipinski definition) is 0. The first-order valence-corrected chi connectivity index (χ1v) is 8.77. The van der Waals surface area contributed by atoms with E-state index < -0.39 is 0 Å². The molecule has 24 heavy (non-hydrogen) atoms. The topological polar surface area (TPSA) is 51.0 Å². The van der Waals surface area contributed by atoms with Crippen molar-refractivity contribution >= 4 is 5.91 Å². The predicted molar refractivity (Wildman–Crippen MR) is 94.2 cm³/mol. The monoisotopic (exact) mass is 326 g/mol. The van der Waals surface area contributed by atoms with Crippen LogP contribution in [0, 0.1) is 11.8 Å². The average Bonchev–Trinajstić information content (AvgIpc) is 2.97. The fourth-order valence-electron chi connectivity index (χ4n) is 3.33. The Morgan fingerprint density at radius 3 is 2.50 bits per heavy atom. The number of rotatable bonds is 4. The van der Waals surface area contributed by atoms with Crippen molar-refractivity contribution < 1.29 is 4.79 Å². The molecule has 2 heterocycles. The van der Waals surface area contributed by atoms with Crippen molar-refractivity contribution in [3.8, 4) is 11.4 Å². The van der Waals surface area contributed by atoms with Gasteiger partial charge in [0.15, 0.2) is 11.6 Å². The van der Waals surface area contributed by atoms with Crippen LogP contribution in [0.1, 0.15) is 46.0 Å². The van der Waals surface area contributed by atoms with E-state index in [2.05, 4.69) is 32.8 Å². The van der Waals surface area contributed by atoms with E-state index in [-0.39, 0.29) is 11.9 Å². The molecule has 0 radical (unpaired) electrons. The first kappa shape index (κ1) is 16.7. The highest BCUT2D eigenvalue weighted by Gasteiger charge is 2.35. The van der Waals surface area contributed by atoms with Crippen molar-refractivity contribution in [1.82, 2.24) is 19.7 Å². The minimum Gasteiger partial charge on any atom is -0.330 e. The van der Waals surface area contributed by atoms with Crippen molar-refractivity contribution in [1.29, 1.82) is 0 Å². The van der Waals surface area contributed by atoms with Gasteiger partial charge in [-0.15, -0.1) is 0 Å². The quantitative estimate of drug-likeness (QED) is 0.863. The van der Waals surface area contributed by atoms with Gasteiger partial charge in [0.25, 0.3) is 0 Å². The Balaban J connectivity index is 1.95. The van der Waals surface area contributed by atoms with Crippen molar-refractivity contribution in [3.05, 3.63) is 36.2 Å². The van der Waals surface area contributed by atoms with E-state index in [0.29, 0.717) is 31.3 Å². The molecule has 0 saturated carbocycles. The maximum atomic E-state index is 12.7. The first-order chi connectivity index (χ1) is 11.5. The standard InChI is InChI=1S/C19H26N4O/c1-13(2)12-16(24)22-10-11-23-19(17(22)14(3)4)20-18(21-23)15-8-6-5-7-9-15/h5-9,13-14,17H,10-12H2,1-4H3/t17-/m0/s1. The predicted octanol–water partition coefficient (Wildman–Crippen LogP) is 3.53. The molecule has 0 fully saturated rings. The van der Waals surface area contributed by atoms with Gasteiger partial charge in [-0.1, -0.05) is 58.0 Å². The fourth-order valence-corrected chi connectivity index (χ4v) is 3.33. The summed E-state index contributed by atoms with van der Waals surface area (Å²) in [6, 6.07) is 10.0. The average molecular weight is 326 g/mol. The highest BCUT2D eigenvalue weighted by molar-refractivity contribution is 5.77. The summed E-state index contributed by atoms with van der Waals surface area (Å²) in [5.41, 5.74) is 1.02. The van der Waals surface area contributed by atoms with E-state index in [0.717, 1.165) is 17.2 Å². The second-order valence-corrected chi connectivity index (χ2v) is 7.26. The molecule has 128 valence electrons. The van der Waals surface area contributed by atoms with Crippen LogP contribution >= 0.6 is 0 Å². The summed E-state index contributed by atoms with van der Waals surface area (Å²) in [6.07, 6.45) is 0.586. The Labute approximate surface area is 143 Å². The number of hydrogen-bond acceptors (Lipinski definition) is 3. The number of carbonyl (C=O) groups is 1. The maximum absolute atomic E-state index is 12.7. The smallest absolute Gasteiger partial charge is 0.223 e. The normalized spacial score (nSPS) is 17.4. The van der Waals surface area contributed by atoms with Crippen LogP contribution in [0.15, 0.2) is 30.3 Å². The Morgan fingerprint density at radius 1 is 1.17 bits per heavy atom. The van der Waals surface area contributed by atoms with Crippen molar-refractivity contribution in [3.63, 3.8) is 0 Å². The molecule has 1 amide bonds. The summed E-state index contributed by atoms with van der Waals surface area (Å²) in [7, 11) is 0. The molecule has 1 aromatic carbocycles. The van der Waals surface area contributed by atoms with Crippen LogP contribution in [0.25, 0.3) is 11.4 Å².